The van der Waals surface area contributed by atoms with E-state index in [1.54, 1.807) is 0 Å². The first kappa shape index (κ1) is 9.31. The highest BCUT2D eigenvalue weighted by Gasteiger charge is 2.40. The zero-order chi connectivity index (χ0) is 5.98. The van der Waals surface area contributed by atoms with Crippen LogP contribution in [0.4, 0.5) is 0 Å². The lowest BCUT2D eigenvalue weighted by atomic mass is 10.4. The fraction of sp³-hybridized carbons (Fsp3) is 1.00. The zero-order valence-electron chi connectivity index (χ0n) is 6.28. The summed E-state index contributed by atoms with van der Waals surface area (Å²) >= 11 is 0. The van der Waals surface area contributed by atoms with Gasteiger partial charge in [0.2, 0.25) is 0 Å². The van der Waals surface area contributed by atoms with Crippen LogP contribution in [0.2, 0.25) is 0 Å². The average Bonchev–Trinajstić information content (AvgIpc) is 2.46. The molecule has 2 aliphatic rings. The monoisotopic (exact) mass is 147 g/mol. The van der Waals surface area contributed by atoms with E-state index >= 15 is 0 Å². The molecule has 1 aliphatic heterocycles. The third kappa shape index (κ3) is 2.18. The van der Waals surface area contributed by atoms with Gasteiger partial charge in [0.1, 0.15) is 0 Å². The fourth-order valence-electron chi connectivity index (χ4n) is 1.26. The van der Waals surface area contributed by atoms with Crippen molar-refractivity contribution in [3.05, 3.63) is 0 Å². The van der Waals surface area contributed by atoms with E-state index in [-0.39, 0.29) is 13.5 Å². The molecule has 2 heteroatoms. The van der Waals surface area contributed by atoms with Gasteiger partial charge in [0.15, 0.2) is 0 Å². The molecule has 2 unspecified atom stereocenters. The summed E-state index contributed by atoms with van der Waals surface area (Å²) in [4.78, 5) is 0. The summed E-state index contributed by atoms with van der Waals surface area (Å²) in [6, 6.07) is 0. The summed E-state index contributed by atoms with van der Waals surface area (Å²) in [5, 5.41) is 3.32. The first-order valence-corrected chi connectivity index (χ1v) is 3.67. The minimum atomic E-state index is 0. The summed E-state index contributed by atoms with van der Waals surface area (Å²) in [5.74, 6) is 2.20. The van der Waals surface area contributed by atoms with E-state index in [0.29, 0.717) is 0 Å². The lowest BCUT2D eigenvalue weighted by Gasteiger charge is -1.87. The van der Waals surface area contributed by atoms with E-state index in [9.17, 15) is 0 Å². The molecular weight excluding hydrogens is 130 g/mol. The SMILES string of the molecule is C1NCC2CC12.CC.S. The molecule has 1 aliphatic carbocycles. The molecule has 2 fully saturated rings. The van der Waals surface area contributed by atoms with Crippen molar-refractivity contribution < 1.29 is 0 Å². The normalized spacial score (nSPS) is 35.3. The van der Waals surface area contributed by atoms with Gasteiger partial charge in [-0.2, -0.15) is 13.5 Å². The molecule has 56 valence electrons. The maximum Gasteiger partial charge on any atom is -0.00172 e. The second-order valence-electron chi connectivity index (χ2n) is 2.41. The maximum atomic E-state index is 3.32. The van der Waals surface area contributed by atoms with Gasteiger partial charge in [-0.1, -0.05) is 13.8 Å². The molecule has 9 heavy (non-hydrogen) atoms. The van der Waals surface area contributed by atoms with Crippen LogP contribution < -0.4 is 5.32 Å². The van der Waals surface area contributed by atoms with E-state index in [2.05, 4.69) is 5.32 Å². The van der Waals surface area contributed by atoms with Crippen LogP contribution in [0, 0.1) is 11.8 Å². The van der Waals surface area contributed by atoms with Crippen molar-refractivity contribution in [3.8, 4) is 0 Å². The summed E-state index contributed by atoms with van der Waals surface area (Å²) in [6.07, 6.45) is 1.52. The molecule has 0 aromatic rings. The summed E-state index contributed by atoms with van der Waals surface area (Å²) in [7, 11) is 0. The van der Waals surface area contributed by atoms with Gasteiger partial charge in [-0.05, 0) is 31.3 Å². The van der Waals surface area contributed by atoms with Crippen LogP contribution in [-0.4, -0.2) is 13.1 Å². The number of hydrogen-bond acceptors (Lipinski definition) is 1. The Kier molecular flexibility index (Phi) is 4.32. The van der Waals surface area contributed by atoms with Crippen LogP contribution in [0.3, 0.4) is 0 Å². The van der Waals surface area contributed by atoms with Crippen molar-refractivity contribution in [1.82, 2.24) is 5.32 Å². The van der Waals surface area contributed by atoms with Crippen LogP contribution in [-0.2, 0) is 0 Å². The van der Waals surface area contributed by atoms with E-state index in [0.717, 1.165) is 11.8 Å². The van der Waals surface area contributed by atoms with Gasteiger partial charge in [-0.25, -0.2) is 0 Å². The standard InChI is InChI=1S/C5H9N.C2H6.H2S/c1-4-2-6-3-5(1)4;1-2;/h4-6H,1-3H2;1-2H3;1H2. The quantitative estimate of drug-likeness (QED) is 0.545. The Morgan fingerprint density at radius 2 is 1.56 bits per heavy atom. The zero-order valence-corrected chi connectivity index (χ0v) is 7.28. The topological polar surface area (TPSA) is 12.0 Å². The Morgan fingerprint density at radius 3 is 1.67 bits per heavy atom. The molecule has 0 amide bonds. The second kappa shape index (κ2) is 4.18. The van der Waals surface area contributed by atoms with Crippen molar-refractivity contribution in [3.63, 3.8) is 0 Å². The molecule has 0 aromatic carbocycles. The van der Waals surface area contributed by atoms with E-state index in [1.807, 2.05) is 13.8 Å². The Bertz CT molecular complexity index is 67.3. The molecule has 0 spiro atoms. The third-order valence-electron chi connectivity index (χ3n) is 1.88. The largest absolute Gasteiger partial charge is 0.316 e. The van der Waals surface area contributed by atoms with E-state index < -0.39 is 0 Å². The van der Waals surface area contributed by atoms with Crippen molar-refractivity contribution in [2.75, 3.05) is 13.1 Å². The molecule has 1 heterocycles. The molecule has 0 radical (unpaired) electrons. The number of rotatable bonds is 0. The molecule has 1 saturated heterocycles. The molecule has 2 rings (SSSR count). The van der Waals surface area contributed by atoms with Crippen LogP contribution >= 0.6 is 13.5 Å². The van der Waals surface area contributed by atoms with Gasteiger partial charge < -0.3 is 5.32 Å². The highest BCUT2D eigenvalue weighted by Crippen LogP contribution is 2.40. The van der Waals surface area contributed by atoms with E-state index in [1.165, 1.54) is 19.5 Å². The van der Waals surface area contributed by atoms with Gasteiger partial charge in [-0.15, -0.1) is 0 Å². The van der Waals surface area contributed by atoms with Crippen LogP contribution in [0.1, 0.15) is 20.3 Å². The smallest absolute Gasteiger partial charge is 0.00172 e. The Balaban J connectivity index is 0.000000198. The van der Waals surface area contributed by atoms with Crippen molar-refractivity contribution in [2.24, 2.45) is 11.8 Å². The molecule has 1 N–H and O–H groups in total. The number of nitrogens with one attached hydrogen (secondary N) is 1. The predicted molar refractivity (Wildman–Crippen MR) is 46.2 cm³/mol. The van der Waals surface area contributed by atoms with Crippen LogP contribution in [0.15, 0.2) is 0 Å². The maximum absolute atomic E-state index is 3.32. The first-order valence-electron chi connectivity index (χ1n) is 3.67. The average molecular weight is 147 g/mol. The molecule has 1 saturated carbocycles. The Morgan fingerprint density at radius 1 is 1.11 bits per heavy atom. The Hall–Kier alpha value is 0.310. The number of piperidine rings is 1. The Labute approximate surface area is 64.7 Å². The highest BCUT2D eigenvalue weighted by atomic mass is 32.1. The minimum absolute atomic E-state index is 0. The summed E-state index contributed by atoms with van der Waals surface area (Å²) in [5.41, 5.74) is 0. The van der Waals surface area contributed by atoms with Crippen molar-refractivity contribution in [1.29, 1.82) is 0 Å². The predicted octanol–water partition coefficient (Wildman–Crippen LogP) is 1.36. The fourth-order valence-corrected chi connectivity index (χ4v) is 1.26. The number of fused-ring (bicyclic) bond motifs is 1. The molecule has 0 bridgehead atoms. The van der Waals surface area contributed by atoms with Crippen LogP contribution in [0.25, 0.3) is 0 Å². The first-order chi connectivity index (χ1) is 3.97. The molecule has 1 nitrogen and oxygen atoms in total. The lowest BCUT2D eigenvalue weighted by Crippen LogP contribution is -2.10. The van der Waals surface area contributed by atoms with Gasteiger partial charge in [0.05, 0.1) is 0 Å². The third-order valence-corrected chi connectivity index (χ3v) is 1.88. The van der Waals surface area contributed by atoms with E-state index in [4.69, 9.17) is 0 Å². The summed E-state index contributed by atoms with van der Waals surface area (Å²) in [6.45, 7) is 6.62. The van der Waals surface area contributed by atoms with Gasteiger partial charge in [0.25, 0.3) is 0 Å². The lowest BCUT2D eigenvalue weighted by molar-refractivity contribution is 0.732. The minimum Gasteiger partial charge on any atom is -0.316 e. The van der Waals surface area contributed by atoms with Crippen molar-refractivity contribution >= 4 is 13.5 Å². The molecular formula is C7H17NS. The van der Waals surface area contributed by atoms with Crippen molar-refractivity contribution in [2.45, 2.75) is 20.3 Å². The molecule has 0 aromatic heterocycles. The van der Waals surface area contributed by atoms with Gasteiger partial charge in [-0.3, -0.25) is 0 Å². The molecule has 2 atom stereocenters. The van der Waals surface area contributed by atoms with Gasteiger partial charge >= 0.3 is 0 Å². The van der Waals surface area contributed by atoms with Gasteiger partial charge in [0, 0.05) is 0 Å². The van der Waals surface area contributed by atoms with Crippen LogP contribution in [0.5, 0.6) is 0 Å². The highest BCUT2D eigenvalue weighted by molar-refractivity contribution is 7.59. The summed E-state index contributed by atoms with van der Waals surface area (Å²) < 4.78 is 0. The number of hydrogen-bond donors (Lipinski definition) is 1. The second-order valence-corrected chi connectivity index (χ2v) is 2.41.